The Hall–Kier alpha value is -1.75. The van der Waals surface area contributed by atoms with E-state index < -0.39 is 0 Å². The topological polar surface area (TPSA) is 59.0 Å². The number of carbonyl (C=O) groups excluding carboxylic acids is 1. The maximum Gasteiger partial charge on any atom is 0.323 e. The molecule has 21 heavy (non-hydrogen) atoms. The average molecular weight is 293 g/mol. The van der Waals surface area contributed by atoms with Crippen LogP contribution < -0.4 is 4.74 Å². The number of phenols is 1. The van der Waals surface area contributed by atoms with Gasteiger partial charge in [-0.3, -0.25) is 9.69 Å². The third-order valence-corrected chi connectivity index (χ3v) is 3.80. The first-order valence-corrected chi connectivity index (χ1v) is 7.42. The molecule has 0 amide bonds. The van der Waals surface area contributed by atoms with E-state index in [4.69, 9.17) is 9.47 Å². The Morgan fingerprint density at radius 2 is 2.24 bits per heavy atom. The Kier molecular flexibility index (Phi) is 5.44. The van der Waals surface area contributed by atoms with Gasteiger partial charge >= 0.3 is 5.97 Å². The third kappa shape index (κ3) is 3.88. The number of rotatable bonds is 5. The van der Waals surface area contributed by atoms with Gasteiger partial charge in [-0.2, -0.15) is 0 Å². The van der Waals surface area contributed by atoms with Gasteiger partial charge < -0.3 is 14.6 Å². The first-order chi connectivity index (χ1) is 10.2. The summed E-state index contributed by atoms with van der Waals surface area (Å²) in [6.45, 7) is 3.78. The smallest absolute Gasteiger partial charge is 0.323 e. The zero-order chi connectivity index (χ0) is 15.2. The molecule has 1 N–H and O–H groups in total. The van der Waals surface area contributed by atoms with Gasteiger partial charge in [0, 0.05) is 6.54 Å². The fraction of sp³-hybridized carbons (Fsp3) is 0.562. The highest BCUT2D eigenvalue weighted by Gasteiger charge is 2.29. The number of hydrogen-bond donors (Lipinski definition) is 1. The van der Waals surface area contributed by atoms with E-state index >= 15 is 0 Å². The molecule has 1 unspecified atom stereocenters. The van der Waals surface area contributed by atoms with Gasteiger partial charge in [-0.15, -0.1) is 0 Å². The Labute approximate surface area is 125 Å². The van der Waals surface area contributed by atoms with Crippen molar-refractivity contribution in [2.45, 2.75) is 38.8 Å². The quantitative estimate of drug-likeness (QED) is 0.844. The van der Waals surface area contributed by atoms with E-state index in [-0.39, 0.29) is 17.8 Å². The van der Waals surface area contributed by atoms with E-state index in [9.17, 15) is 9.90 Å². The van der Waals surface area contributed by atoms with Gasteiger partial charge in [0.25, 0.3) is 0 Å². The highest BCUT2D eigenvalue weighted by Crippen LogP contribution is 2.28. The van der Waals surface area contributed by atoms with Gasteiger partial charge in [0.2, 0.25) is 0 Å². The number of nitrogens with zero attached hydrogens (tertiary/aromatic N) is 1. The summed E-state index contributed by atoms with van der Waals surface area (Å²) in [6, 6.07) is 5.12. The molecule has 2 rings (SSSR count). The molecule has 116 valence electrons. The van der Waals surface area contributed by atoms with E-state index in [0.29, 0.717) is 18.9 Å². The number of carbonyl (C=O) groups is 1. The van der Waals surface area contributed by atoms with Crippen molar-refractivity contribution < 1.29 is 19.4 Å². The molecule has 1 saturated heterocycles. The van der Waals surface area contributed by atoms with E-state index in [1.54, 1.807) is 6.07 Å². The molecule has 0 spiro atoms. The number of piperidine rings is 1. The fourth-order valence-electron chi connectivity index (χ4n) is 2.74. The number of phenolic OH excluding ortho intramolecular Hbond substituents is 1. The predicted molar refractivity (Wildman–Crippen MR) is 79.3 cm³/mol. The molecule has 0 aromatic heterocycles. The van der Waals surface area contributed by atoms with Crippen molar-refractivity contribution in [1.82, 2.24) is 4.90 Å². The van der Waals surface area contributed by atoms with Crippen LogP contribution in [0.15, 0.2) is 18.2 Å². The van der Waals surface area contributed by atoms with Gasteiger partial charge in [0.15, 0.2) is 11.5 Å². The fourth-order valence-corrected chi connectivity index (χ4v) is 2.74. The maximum absolute atomic E-state index is 12.0. The summed E-state index contributed by atoms with van der Waals surface area (Å²) in [5.74, 6) is 0.446. The molecule has 0 aliphatic carbocycles. The monoisotopic (exact) mass is 293 g/mol. The van der Waals surface area contributed by atoms with Crippen molar-refractivity contribution in [1.29, 1.82) is 0 Å². The first-order valence-electron chi connectivity index (χ1n) is 7.42. The maximum atomic E-state index is 12.0. The second-order valence-corrected chi connectivity index (χ2v) is 5.24. The van der Waals surface area contributed by atoms with Crippen molar-refractivity contribution in [3.63, 3.8) is 0 Å². The van der Waals surface area contributed by atoms with Crippen molar-refractivity contribution >= 4 is 5.97 Å². The van der Waals surface area contributed by atoms with Gasteiger partial charge in [0.05, 0.1) is 13.7 Å². The standard InChI is InChI=1S/C16H23NO4/c1-3-21-16(19)13-6-4-5-9-17(13)11-12-7-8-14(18)15(10-12)20-2/h7-8,10,13,18H,3-6,9,11H2,1-2H3. The summed E-state index contributed by atoms with van der Waals surface area (Å²) in [5.41, 5.74) is 1.01. The number of benzene rings is 1. The van der Waals surface area contributed by atoms with Crippen LogP contribution in [0.25, 0.3) is 0 Å². The molecule has 5 nitrogen and oxygen atoms in total. The molecule has 1 atom stereocenters. The van der Waals surface area contributed by atoms with Crippen molar-refractivity contribution in [3.05, 3.63) is 23.8 Å². The van der Waals surface area contributed by atoms with Crippen LogP contribution >= 0.6 is 0 Å². The van der Waals surface area contributed by atoms with Gasteiger partial charge in [-0.25, -0.2) is 0 Å². The summed E-state index contributed by atoms with van der Waals surface area (Å²) < 4.78 is 10.3. The average Bonchev–Trinajstić information content (AvgIpc) is 2.50. The van der Waals surface area contributed by atoms with Gasteiger partial charge in [-0.05, 0) is 44.0 Å². The number of methoxy groups -OCH3 is 1. The van der Waals surface area contributed by atoms with Crippen molar-refractivity contribution in [3.8, 4) is 11.5 Å². The third-order valence-electron chi connectivity index (χ3n) is 3.80. The van der Waals surface area contributed by atoms with Gasteiger partial charge in [-0.1, -0.05) is 12.5 Å². The molecule has 0 bridgehead atoms. The van der Waals surface area contributed by atoms with Crippen molar-refractivity contribution in [2.75, 3.05) is 20.3 Å². The second kappa shape index (κ2) is 7.31. The SMILES string of the molecule is CCOC(=O)C1CCCCN1Cc1ccc(O)c(OC)c1. The van der Waals surface area contributed by atoms with Crippen LogP contribution in [0.3, 0.4) is 0 Å². The Bertz CT molecular complexity index is 489. The molecule has 1 aromatic rings. The second-order valence-electron chi connectivity index (χ2n) is 5.24. The molecule has 1 aromatic carbocycles. The van der Waals surface area contributed by atoms with Crippen LogP contribution in [0.1, 0.15) is 31.7 Å². The van der Waals surface area contributed by atoms with Crippen LogP contribution in [-0.2, 0) is 16.1 Å². The molecule has 0 radical (unpaired) electrons. The van der Waals surface area contributed by atoms with Crippen LogP contribution in [0.2, 0.25) is 0 Å². The predicted octanol–water partition coefficient (Wildman–Crippen LogP) is 2.32. The largest absolute Gasteiger partial charge is 0.504 e. The molecule has 1 aliphatic rings. The van der Waals surface area contributed by atoms with E-state index in [1.165, 1.54) is 7.11 Å². The molecule has 1 fully saturated rings. The zero-order valence-electron chi connectivity index (χ0n) is 12.7. The minimum Gasteiger partial charge on any atom is -0.504 e. The lowest BCUT2D eigenvalue weighted by Crippen LogP contribution is -2.44. The highest BCUT2D eigenvalue weighted by atomic mass is 16.5. The van der Waals surface area contributed by atoms with E-state index in [1.807, 2.05) is 19.1 Å². The number of aromatic hydroxyl groups is 1. The summed E-state index contributed by atoms with van der Waals surface area (Å²) in [7, 11) is 1.53. The summed E-state index contributed by atoms with van der Waals surface area (Å²) >= 11 is 0. The Balaban J connectivity index is 2.10. The lowest BCUT2D eigenvalue weighted by atomic mass is 10.0. The lowest BCUT2D eigenvalue weighted by molar-refractivity contribution is -0.151. The molecule has 5 heteroatoms. The Morgan fingerprint density at radius 1 is 1.43 bits per heavy atom. The number of hydrogen-bond acceptors (Lipinski definition) is 5. The van der Waals surface area contributed by atoms with Crippen molar-refractivity contribution in [2.24, 2.45) is 0 Å². The Morgan fingerprint density at radius 3 is 2.95 bits per heavy atom. The number of likely N-dealkylation sites (tertiary alicyclic amines) is 1. The number of ether oxygens (including phenoxy) is 2. The van der Waals surface area contributed by atoms with E-state index in [2.05, 4.69) is 4.90 Å². The summed E-state index contributed by atoms with van der Waals surface area (Å²) in [5, 5.41) is 9.64. The van der Waals surface area contributed by atoms with E-state index in [0.717, 1.165) is 31.4 Å². The minimum absolute atomic E-state index is 0.127. The van der Waals surface area contributed by atoms with Gasteiger partial charge in [0.1, 0.15) is 6.04 Å². The molecule has 1 heterocycles. The van der Waals surface area contributed by atoms with Crippen LogP contribution in [-0.4, -0.2) is 42.3 Å². The zero-order valence-corrected chi connectivity index (χ0v) is 12.7. The summed E-state index contributed by atoms with van der Waals surface area (Å²) in [6.07, 6.45) is 2.98. The molecular weight excluding hydrogens is 270 g/mol. The summed E-state index contributed by atoms with van der Waals surface area (Å²) in [4.78, 5) is 14.2. The molecule has 0 saturated carbocycles. The molecule has 1 aliphatic heterocycles. The van der Waals surface area contributed by atoms with Crippen LogP contribution in [0, 0.1) is 0 Å². The van der Waals surface area contributed by atoms with Crippen LogP contribution in [0.4, 0.5) is 0 Å². The minimum atomic E-state index is -0.168. The lowest BCUT2D eigenvalue weighted by Gasteiger charge is -2.34. The molecular formula is C16H23NO4. The number of esters is 1. The first kappa shape index (κ1) is 15.6. The van der Waals surface area contributed by atoms with Crippen LogP contribution in [0.5, 0.6) is 11.5 Å². The normalized spacial score (nSPS) is 19.2. The highest BCUT2D eigenvalue weighted by molar-refractivity contribution is 5.75.